The predicted molar refractivity (Wildman–Crippen MR) is 61.6 cm³/mol. The van der Waals surface area contributed by atoms with E-state index in [1.165, 1.54) is 0 Å². The number of rotatable bonds is 2. The lowest BCUT2D eigenvalue weighted by Gasteiger charge is -2.21. The SMILES string of the molecule is O=C(OCc1ccccc1)N1CC[N+](=O)CC1. The topological polar surface area (TPSA) is 49.6 Å². The third-order valence-electron chi connectivity index (χ3n) is 2.70. The number of ether oxygens (including phenoxy) is 1. The fourth-order valence-corrected chi connectivity index (χ4v) is 1.68. The molecule has 1 aromatic rings. The summed E-state index contributed by atoms with van der Waals surface area (Å²) < 4.78 is 6.13. The Balaban J connectivity index is 1.80. The maximum Gasteiger partial charge on any atom is 0.410 e. The lowest BCUT2D eigenvalue weighted by Crippen LogP contribution is -2.44. The van der Waals surface area contributed by atoms with Gasteiger partial charge in [-0.2, -0.15) is 0 Å². The van der Waals surface area contributed by atoms with Crippen LogP contribution in [0.25, 0.3) is 0 Å². The molecule has 5 heteroatoms. The highest BCUT2D eigenvalue weighted by atomic mass is 16.6. The van der Waals surface area contributed by atoms with Crippen LogP contribution in [0.5, 0.6) is 0 Å². The lowest BCUT2D eigenvalue weighted by molar-refractivity contribution is -0.558. The molecule has 1 saturated heterocycles. The number of carbonyl (C=O) groups is 1. The van der Waals surface area contributed by atoms with E-state index in [-0.39, 0.29) is 12.7 Å². The van der Waals surface area contributed by atoms with Crippen LogP contribution in [0.1, 0.15) is 5.56 Å². The average Bonchev–Trinajstić information content (AvgIpc) is 2.38. The van der Waals surface area contributed by atoms with E-state index in [0.29, 0.717) is 26.2 Å². The number of nitroso groups, excluding NO2 is 1. The van der Waals surface area contributed by atoms with Gasteiger partial charge in [-0.25, -0.2) is 4.79 Å². The standard InChI is InChI=1S/C12H15N2O3/c15-12(13-6-8-14(16)9-7-13)17-10-11-4-2-1-3-5-11/h1-5H,6-10H2/q+1. The first kappa shape index (κ1) is 11.6. The third-order valence-corrected chi connectivity index (χ3v) is 2.70. The zero-order chi connectivity index (χ0) is 12.1. The van der Waals surface area contributed by atoms with Crippen molar-refractivity contribution in [3.8, 4) is 0 Å². The highest BCUT2D eigenvalue weighted by Crippen LogP contribution is 2.04. The number of carbonyl (C=O) groups excluding carboxylic acids is 1. The van der Waals surface area contributed by atoms with Crippen molar-refractivity contribution in [2.24, 2.45) is 0 Å². The molecule has 0 aliphatic carbocycles. The second kappa shape index (κ2) is 5.43. The van der Waals surface area contributed by atoms with E-state index in [0.717, 1.165) is 10.3 Å². The first-order valence-electron chi connectivity index (χ1n) is 5.63. The zero-order valence-corrected chi connectivity index (χ0v) is 9.54. The Kier molecular flexibility index (Phi) is 3.69. The number of amides is 1. The van der Waals surface area contributed by atoms with Crippen LogP contribution in [0.2, 0.25) is 0 Å². The third kappa shape index (κ3) is 3.27. The molecule has 0 bridgehead atoms. The van der Waals surface area contributed by atoms with Crippen molar-refractivity contribution in [2.75, 3.05) is 26.2 Å². The van der Waals surface area contributed by atoms with E-state index < -0.39 is 0 Å². The Hall–Kier alpha value is -1.91. The van der Waals surface area contributed by atoms with E-state index in [2.05, 4.69) is 0 Å². The first-order chi connectivity index (χ1) is 8.25. The Labute approximate surface area is 99.6 Å². The molecule has 2 rings (SSSR count). The van der Waals surface area contributed by atoms with E-state index in [4.69, 9.17) is 4.74 Å². The van der Waals surface area contributed by atoms with Crippen molar-refractivity contribution in [3.05, 3.63) is 40.8 Å². The van der Waals surface area contributed by atoms with E-state index in [1.807, 2.05) is 30.3 Å². The van der Waals surface area contributed by atoms with Crippen LogP contribution in [0.3, 0.4) is 0 Å². The summed E-state index contributed by atoms with van der Waals surface area (Å²) in [5.41, 5.74) is 0.961. The molecular formula is C12H15N2O3+. The van der Waals surface area contributed by atoms with Crippen molar-refractivity contribution >= 4 is 6.09 Å². The van der Waals surface area contributed by atoms with Gasteiger partial charge in [-0.3, -0.25) is 4.90 Å². The van der Waals surface area contributed by atoms with Gasteiger partial charge >= 0.3 is 6.09 Å². The smallest absolute Gasteiger partial charge is 0.410 e. The summed E-state index contributed by atoms with van der Waals surface area (Å²) in [5, 5.41) is 0. The maximum atomic E-state index is 11.7. The van der Waals surface area contributed by atoms with Gasteiger partial charge < -0.3 is 4.74 Å². The van der Waals surface area contributed by atoms with Gasteiger partial charge in [0.2, 0.25) is 13.1 Å². The molecule has 0 unspecified atom stereocenters. The predicted octanol–water partition coefficient (Wildman–Crippen LogP) is 1.42. The number of hydrogen-bond acceptors (Lipinski definition) is 3. The van der Waals surface area contributed by atoms with E-state index >= 15 is 0 Å². The van der Waals surface area contributed by atoms with E-state index in [9.17, 15) is 9.70 Å². The maximum absolute atomic E-state index is 11.7. The van der Waals surface area contributed by atoms with Crippen molar-refractivity contribution in [3.63, 3.8) is 0 Å². The van der Waals surface area contributed by atoms with Gasteiger partial charge in [-0.05, 0) is 5.56 Å². The molecule has 0 atom stereocenters. The Morgan fingerprint density at radius 3 is 2.53 bits per heavy atom. The molecular weight excluding hydrogens is 220 g/mol. The lowest BCUT2D eigenvalue weighted by atomic mass is 10.2. The Morgan fingerprint density at radius 2 is 1.88 bits per heavy atom. The van der Waals surface area contributed by atoms with Crippen molar-refractivity contribution in [1.29, 1.82) is 0 Å². The molecule has 1 aliphatic heterocycles. The molecule has 0 spiro atoms. The number of nitrogens with zero attached hydrogens (tertiary/aromatic N) is 2. The number of hydrogen-bond donors (Lipinski definition) is 0. The fourth-order valence-electron chi connectivity index (χ4n) is 1.68. The molecule has 1 aromatic carbocycles. The van der Waals surface area contributed by atoms with Gasteiger partial charge in [0, 0.05) is 9.67 Å². The molecule has 1 heterocycles. The Morgan fingerprint density at radius 1 is 1.24 bits per heavy atom. The quantitative estimate of drug-likeness (QED) is 0.728. The van der Waals surface area contributed by atoms with Crippen LogP contribution in [0, 0.1) is 4.91 Å². The minimum atomic E-state index is -0.345. The van der Waals surface area contributed by atoms with Crippen LogP contribution < -0.4 is 0 Å². The van der Waals surface area contributed by atoms with Crippen molar-refractivity contribution in [2.45, 2.75) is 6.61 Å². The summed E-state index contributed by atoms with van der Waals surface area (Å²) >= 11 is 0. The Bertz CT molecular complexity index is 395. The summed E-state index contributed by atoms with van der Waals surface area (Å²) in [6, 6.07) is 9.53. The zero-order valence-electron chi connectivity index (χ0n) is 9.54. The van der Waals surface area contributed by atoms with Crippen molar-refractivity contribution in [1.82, 2.24) is 4.90 Å². The molecule has 17 heavy (non-hydrogen) atoms. The van der Waals surface area contributed by atoms with E-state index in [1.54, 1.807) is 4.90 Å². The normalized spacial score (nSPS) is 15.8. The molecule has 1 amide bonds. The highest BCUT2D eigenvalue weighted by Gasteiger charge is 2.25. The van der Waals surface area contributed by atoms with Crippen LogP contribution in [-0.2, 0) is 11.3 Å². The molecule has 1 aliphatic rings. The molecule has 0 aromatic heterocycles. The van der Waals surface area contributed by atoms with Gasteiger partial charge in [0.25, 0.3) is 0 Å². The van der Waals surface area contributed by atoms with Gasteiger partial charge in [0.05, 0.1) is 13.1 Å². The van der Waals surface area contributed by atoms with Crippen LogP contribution in [0.4, 0.5) is 4.79 Å². The summed E-state index contributed by atoms with van der Waals surface area (Å²) in [6.45, 7) is 1.88. The fraction of sp³-hybridized carbons (Fsp3) is 0.417. The van der Waals surface area contributed by atoms with Crippen LogP contribution in [0.15, 0.2) is 30.3 Å². The highest BCUT2D eigenvalue weighted by molar-refractivity contribution is 5.67. The molecule has 1 fully saturated rings. The molecule has 5 nitrogen and oxygen atoms in total. The van der Waals surface area contributed by atoms with Gasteiger partial charge in [-0.1, -0.05) is 30.3 Å². The first-order valence-corrected chi connectivity index (χ1v) is 5.63. The monoisotopic (exact) mass is 235 g/mol. The minimum Gasteiger partial charge on any atom is -0.445 e. The summed E-state index contributed by atoms with van der Waals surface area (Å²) in [7, 11) is 0. The molecule has 90 valence electrons. The minimum absolute atomic E-state index is 0.275. The second-order valence-electron chi connectivity index (χ2n) is 3.96. The van der Waals surface area contributed by atoms with Crippen LogP contribution >= 0.6 is 0 Å². The number of piperazine rings is 1. The summed E-state index contributed by atoms with van der Waals surface area (Å²) in [6.07, 6.45) is -0.345. The largest absolute Gasteiger partial charge is 0.445 e. The molecule has 0 N–H and O–H groups in total. The average molecular weight is 235 g/mol. The van der Waals surface area contributed by atoms with Crippen LogP contribution in [-0.4, -0.2) is 41.9 Å². The summed E-state index contributed by atoms with van der Waals surface area (Å²) in [4.78, 5) is 24.2. The van der Waals surface area contributed by atoms with Gasteiger partial charge in [0.15, 0.2) is 0 Å². The van der Waals surface area contributed by atoms with Crippen molar-refractivity contribution < 1.29 is 14.3 Å². The molecule has 0 radical (unpaired) electrons. The number of benzene rings is 1. The van der Waals surface area contributed by atoms with Gasteiger partial charge in [0.1, 0.15) is 6.61 Å². The second-order valence-corrected chi connectivity index (χ2v) is 3.96. The molecule has 0 saturated carbocycles. The summed E-state index contributed by atoms with van der Waals surface area (Å²) in [5.74, 6) is 0. The van der Waals surface area contributed by atoms with Gasteiger partial charge in [-0.15, -0.1) is 0 Å².